The number of hydrogen-bond donors (Lipinski definition) is 1. The lowest BCUT2D eigenvalue weighted by Crippen LogP contribution is -2.30. The molecule has 0 amide bonds. The van der Waals surface area contributed by atoms with E-state index in [-0.39, 0.29) is 6.10 Å². The van der Waals surface area contributed by atoms with Crippen LogP contribution in [0.1, 0.15) is 50.2 Å². The summed E-state index contributed by atoms with van der Waals surface area (Å²) in [5.74, 6) is 1.03. The minimum Gasteiger partial charge on any atom is -0.490 e. The van der Waals surface area contributed by atoms with Crippen molar-refractivity contribution in [1.82, 2.24) is 5.32 Å². The summed E-state index contributed by atoms with van der Waals surface area (Å²) in [6.07, 6.45) is 6.29. The van der Waals surface area contributed by atoms with E-state index in [9.17, 15) is 0 Å². The van der Waals surface area contributed by atoms with Crippen molar-refractivity contribution in [2.75, 3.05) is 13.7 Å². The van der Waals surface area contributed by atoms with E-state index in [0.29, 0.717) is 6.10 Å². The average molecular weight is 291 g/mol. The number of benzene rings is 1. The highest BCUT2D eigenvalue weighted by atomic mass is 16.5. The number of aryl methyl sites for hydroxylation is 1. The Morgan fingerprint density at radius 2 is 2.05 bits per heavy atom. The summed E-state index contributed by atoms with van der Waals surface area (Å²) in [6.45, 7) is 6.25. The molecule has 0 heterocycles. The minimum atomic E-state index is 0.288. The van der Waals surface area contributed by atoms with Crippen molar-refractivity contribution >= 4 is 0 Å². The largest absolute Gasteiger partial charge is 0.490 e. The fourth-order valence-corrected chi connectivity index (χ4v) is 2.96. The van der Waals surface area contributed by atoms with Crippen LogP contribution in [0, 0.1) is 6.92 Å². The third-order valence-electron chi connectivity index (χ3n) is 4.16. The van der Waals surface area contributed by atoms with Crippen molar-refractivity contribution in [3.8, 4) is 5.75 Å². The minimum absolute atomic E-state index is 0.288. The molecule has 0 aliphatic heterocycles. The van der Waals surface area contributed by atoms with Crippen molar-refractivity contribution in [2.45, 2.75) is 64.7 Å². The zero-order valence-corrected chi connectivity index (χ0v) is 13.7. The summed E-state index contributed by atoms with van der Waals surface area (Å²) in [7, 11) is 1.80. The van der Waals surface area contributed by atoms with Crippen LogP contribution in [0.15, 0.2) is 18.2 Å². The lowest BCUT2D eigenvalue weighted by molar-refractivity contribution is 0.0206. The van der Waals surface area contributed by atoms with Gasteiger partial charge in [-0.05, 0) is 45.2 Å². The Morgan fingerprint density at radius 1 is 1.24 bits per heavy atom. The lowest BCUT2D eigenvalue weighted by Gasteiger charge is -2.29. The molecule has 0 bridgehead atoms. The zero-order chi connectivity index (χ0) is 15.1. The molecular weight excluding hydrogens is 262 g/mol. The van der Waals surface area contributed by atoms with Gasteiger partial charge in [-0.3, -0.25) is 0 Å². The fourth-order valence-electron chi connectivity index (χ4n) is 2.96. The van der Waals surface area contributed by atoms with Crippen molar-refractivity contribution in [2.24, 2.45) is 0 Å². The molecule has 21 heavy (non-hydrogen) atoms. The highest BCUT2D eigenvalue weighted by Crippen LogP contribution is 2.28. The standard InChI is InChI=1S/C18H29NO2/c1-4-10-19-13-15-11-14(2)8-9-18(15)21-17-7-5-6-16(12-17)20-3/h8-9,11,16-17,19H,4-7,10,12-13H2,1-3H3. The average Bonchev–Trinajstić information content (AvgIpc) is 2.50. The van der Waals surface area contributed by atoms with Crippen molar-refractivity contribution in [1.29, 1.82) is 0 Å². The van der Waals surface area contributed by atoms with Crippen LogP contribution in [0.5, 0.6) is 5.75 Å². The van der Waals surface area contributed by atoms with Crippen molar-refractivity contribution in [3.05, 3.63) is 29.3 Å². The van der Waals surface area contributed by atoms with Gasteiger partial charge in [0, 0.05) is 25.6 Å². The first kappa shape index (κ1) is 16.3. The summed E-state index contributed by atoms with van der Waals surface area (Å²) in [5.41, 5.74) is 2.55. The molecule has 3 nitrogen and oxygen atoms in total. The molecule has 1 aromatic carbocycles. The van der Waals surface area contributed by atoms with Gasteiger partial charge in [-0.25, -0.2) is 0 Å². The number of methoxy groups -OCH3 is 1. The molecule has 1 aromatic rings. The highest BCUT2D eigenvalue weighted by molar-refractivity contribution is 5.37. The van der Waals surface area contributed by atoms with Gasteiger partial charge in [-0.2, -0.15) is 0 Å². The summed E-state index contributed by atoms with van der Waals surface area (Å²) in [6, 6.07) is 6.48. The monoisotopic (exact) mass is 291 g/mol. The number of ether oxygens (including phenoxy) is 2. The second-order valence-electron chi connectivity index (χ2n) is 6.05. The van der Waals surface area contributed by atoms with E-state index in [1.807, 2.05) is 0 Å². The zero-order valence-electron chi connectivity index (χ0n) is 13.7. The summed E-state index contributed by atoms with van der Waals surface area (Å²) >= 11 is 0. The van der Waals surface area contributed by atoms with E-state index in [0.717, 1.165) is 44.5 Å². The van der Waals surface area contributed by atoms with Crippen LogP contribution in [-0.4, -0.2) is 25.9 Å². The smallest absolute Gasteiger partial charge is 0.124 e. The van der Waals surface area contributed by atoms with E-state index in [1.165, 1.54) is 17.5 Å². The summed E-state index contributed by atoms with van der Waals surface area (Å²) < 4.78 is 11.8. The third kappa shape index (κ3) is 5.01. The summed E-state index contributed by atoms with van der Waals surface area (Å²) in [4.78, 5) is 0. The maximum Gasteiger partial charge on any atom is 0.124 e. The Labute approximate surface area is 129 Å². The summed E-state index contributed by atoms with van der Waals surface area (Å²) in [5, 5.41) is 3.47. The maximum atomic E-state index is 6.28. The predicted molar refractivity (Wildman–Crippen MR) is 86.9 cm³/mol. The van der Waals surface area contributed by atoms with Crippen molar-refractivity contribution in [3.63, 3.8) is 0 Å². The topological polar surface area (TPSA) is 30.5 Å². The van der Waals surface area contributed by atoms with E-state index in [4.69, 9.17) is 9.47 Å². The maximum absolute atomic E-state index is 6.28. The number of rotatable bonds is 7. The van der Waals surface area contributed by atoms with Crippen LogP contribution in [0.3, 0.4) is 0 Å². The Bertz CT molecular complexity index is 433. The van der Waals surface area contributed by atoms with E-state index < -0.39 is 0 Å². The van der Waals surface area contributed by atoms with Gasteiger partial charge in [0.05, 0.1) is 6.10 Å². The normalized spacial score (nSPS) is 22.2. The van der Waals surface area contributed by atoms with Gasteiger partial charge in [0.1, 0.15) is 11.9 Å². The quantitative estimate of drug-likeness (QED) is 0.774. The first-order valence-corrected chi connectivity index (χ1v) is 8.22. The molecule has 0 saturated heterocycles. The Hall–Kier alpha value is -1.06. The van der Waals surface area contributed by atoms with E-state index >= 15 is 0 Å². The van der Waals surface area contributed by atoms with Crippen LogP contribution in [0.25, 0.3) is 0 Å². The van der Waals surface area contributed by atoms with E-state index in [1.54, 1.807) is 7.11 Å². The number of nitrogens with one attached hydrogen (secondary N) is 1. The molecule has 1 aliphatic rings. The fraction of sp³-hybridized carbons (Fsp3) is 0.667. The van der Waals surface area contributed by atoms with Crippen LogP contribution < -0.4 is 10.1 Å². The van der Waals surface area contributed by atoms with Crippen LogP contribution in [-0.2, 0) is 11.3 Å². The van der Waals surface area contributed by atoms with Gasteiger partial charge >= 0.3 is 0 Å². The van der Waals surface area contributed by atoms with Gasteiger partial charge in [-0.1, -0.05) is 24.6 Å². The molecule has 2 rings (SSSR count). The molecule has 3 heteroatoms. The molecule has 1 saturated carbocycles. The van der Waals surface area contributed by atoms with Crippen LogP contribution >= 0.6 is 0 Å². The Balaban J connectivity index is 2.00. The van der Waals surface area contributed by atoms with Crippen LogP contribution in [0.2, 0.25) is 0 Å². The first-order valence-electron chi connectivity index (χ1n) is 8.22. The van der Waals surface area contributed by atoms with Crippen LogP contribution in [0.4, 0.5) is 0 Å². The van der Waals surface area contributed by atoms with Gasteiger partial charge in [-0.15, -0.1) is 0 Å². The lowest BCUT2D eigenvalue weighted by atomic mass is 9.95. The van der Waals surface area contributed by atoms with E-state index in [2.05, 4.69) is 37.4 Å². The molecule has 0 radical (unpaired) electrons. The highest BCUT2D eigenvalue weighted by Gasteiger charge is 2.23. The Kier molecular flexibility index (Phi) is 6.52. The van der Waals surface area contributed by atoms with Gasteiger partial charge in [0.25, 0.3) is 0 Å². The molecule has 1 fully saturated rings. The van der Waals surface area contributed by atoms with Gasteiger partial charge < -0.3 is 14.8 Å². The molecule has 0 aromatic heterocycles. The molecule has 1 aliphatic carbocycles. The second-order valence-corrected chi connectivity index (χ2v) is 6.05. The van der Waals surface area contributed by atoms with Gasteiger partial charge in [0.15, 0.2) is 0 Å². The molecular formula is C18H29NO2. The predicted octanol–water partition coefficient (Wildman–Crippen LogP) is 3.83. The molecule has 1 N–H and O–H groups in total. The molecule has 118 valence electrons. The second kappa shape index (κ2) is 8.40. The molecule has 0 spiro atoms. The SMILES string of the molecule is CCCNCc1cc(C)ccc1OC1CCCC(OC)C1. The third-order valence-corrected chi connectivity index (χ3v) is 4.16. The Morgan fingerprint density at radius 3 is 2.81 bits per heavy atom. The molecule has 2 atom stereocenters. The van der Waals surface area contributed by atoms with Gasteiger partial charge in [0.2, 0.25) is 0 Å². The first-order chi connectivity index (χ1) is 10.2. The molecule has 2 unspecified atom stereocenters. The number of hydrogen-bond acceptors (Lipinski definition) is 3. The van der Waals surface area contributed by atoms with Crippen molar-refractivity contribution < 1.29 is 9.47 Å².